The van der Waals surface area contributed by atoms with Crippen LogP contribution in [0.5, 0.6) is 0 Å². The van der Waals surface area contributed by atoms with Gasteiger partial charge in [0, 0.05) is 12.3 Å². The smallest absolute Gasteiger partial charge is 0.194 e. The van der Waals surface area contributed by atoms with Gasteiger partial charge in [0.05, 0.1) is 6.20 Å². The van der Waals surface area contributed by atoms with E-state index in [0.29, 0.717) is 5.92 Å². The zero-order chi connectivity index (χ0) is 11.5. The van der Waals surface area contributed by atoms with Crippen LogP contribution in [0.3, 0.4) is 0 Å². The summed E-state index contributed by atoms with van der Waals surface area (Å²) >= 11 is 0. The molecular formula is C14H22N2O. The molecule has 1 aliphatic carbocycles. The van der Waals surface area contributed by atoms with Gasteiger partial charge in [0.25, 0.3) is 0 Å². The van der Waals surface area contributed by atoms with Gasteiger partial charge in [-0.05, 0) is 31.8 Å². The van der Waals surface area contributed by atoms with Crippen molar-refractivity contribution in [3.63, 3.8) is 0 Å². The molecule has 0 radical (unpaired) electrons. The van der Waals surface area contributed by atoms with Gasteiger partial charge in [0.1, 0.15) is 5.76 Å². The van der Waals surface area contributed by atoms with E-state index in [-0.39, 0.29) is 0 Å². The molecule has 3 nitrogen and oxygen atoms in total. The first kappa shape index (κ1) is 11.3. The van der Waals surface area contributed by atoms with Gasteiger partial charge in [-0.3, -0.25) is 0 Å². The largest absolute Gasteiger partial charge is 0.445 e. The van der Waals surface area contributed by atoms with Crippen molar-refractivity contribution in [2.45, 2.75) is 50.9 Å². The second-order valence-corrected chi connectivity index (χ2v) is 5.57. The summed E-state index contributed by atoms with van der Waals surface area (Å²) < 4.78 is 5.95. The fraction of sp³-hybridized carbons (Fsp3) is 0.786. The lowest BCUT2D eigenvalue weighted by Crippen LogP contribution is -2.43. The molecule has 94 valence electrons. The Balaban J connectivity index is 1.61. The minimum atomic E-state index is 0.637. The highest BCUT2D eigenvalue weighted by Gasteiger charge is 2.22. The lowest BCUT2D eigenvalue weighted by molar-refractivity contribution is 0.308. The fourth-order valence-corrected chi connectivity index (χ4v) is 2.91. The van der Waals surface area contributed by atoms with Gasteiger partial charge in [0.2, 0.25) is 0 Å². The predicted molar refractivity (Wildman–Crippen MR) is 67.0 cm³/mol. The molecule has 3 heteroatoms. The van der Waals surface area contributed by atoms with Gasteiger partial charge in [0.15, 0.2) is 5.89 Å². The average molecular weight is 234 g/mol. The van der Waals surface area contributed by atoms with E-state index in [1.807, 2.05) is 6.20 Å². The van der Waals surface area contributed by atoms with E-state index in [2.05, 4.69) is 10.3 Å². The van der Waals surface area contributed by atoms with E-state index in [1.54, 1.807) is 0 Å². The number of rotatable bonds is 3. The number of nitrogens with one attached hydrogen (secondary N) is 1. The van der Waals surface area contributed by atoms with Crippen molar-refractivity contribution in [2.24, 2.45) is 5.92 Å². The molecule has 1 aliphatic heterocycles. The third-order valence-electron chi connectivity index (χ3n) is 4.16. The highest BCUT2D eigenvalue weighted by molar-refractivity contribution is 5.03. The number of aromatic nitrogens is 1. The van der Waals surface area contributed by atoms with Crippen molar-refractivity contribution < 1.29 is 4.42 Å². The molecule has 1 N–H and O–H groups in total. The van der Waals surface area contributed by atoms with Crippen molar-refractivity contribution in [1.82, 2.24) is 10.3 Å². The van der Waals surface area contributed by atoms with Crippen LogP contribution in [0.4, 0.5) is 0 Å². The van der Waals surface area contributed by atoms with E-state index >= 15 is 0 Å². The van der Waals surface area contributed by atoms with E-state index < -0.39 is 0 Å². The summed E-state index contributed by atoms with van der Waals surface area (Å²) in [6, 6.07) is 0. The van der Waals surface area contributed by atoms with Gasteiger partial charge in [-0.2, -0.15) is 0 Å². The molecule has 1 saturated carbocycles. The molecule has 0 spiro atoms. The summed E-state index contributed by atoms with van der Waals surface area (Å²) in [4.78, 5) is 4.45. The molecule has 1 aromatic heterocycles. The Labute approximate surface area is 103 Å². The summed E-state index contributed by atoms with van der Waals surface area (Å²) in [6.07, 6.45) is 11.1. The van der Waals surface area contributed by atoms with Crippen LogP contribution in [0, 0.1) is 5.92 Å². The first-order chi connectivity index (χ1) is 8.42. The minimum Gasteiger partial charge on any atom is -0.445 e. The molecule has 0 aromatic carbocycles. The van der Waals surface area contributed by atoms with Gasteiger partial charge >= 0.3 is 0 Å². The van der Waals surface area contributed by atoms with Crippen molar-refractivity contribution in [3.8, 4) is 0 Å². The molecule has 17 heavy (non-hydrogen) atoms. The maximum Gasteiger partial charge on any atom is 0.194 e. The zero-order valence-corrected chi connectivity index (χ0v) is 10.5. The SMILES string of the molecule is c1nc(CC2CNC2)oc1C1CCCCCC1. The van der Waals surface area contributed by atoms with Crippen molar-refractivity contribution in [1.29, 1.82) is 0 Å². The standard InChI is InChI=1S/C14H22N2O/c1-2-4-6-12(5-3-1)13-10-16-14(17-13)7-11-8-15-9-11/h10-12,15H,1-9H2. The third-order valence-corrected chi connectivity index (χ3v) is 4.16. The van der Waals surface area contributed by atoms with Crippen LogP contribution >= 0.6 is 0 Å². The highest BCUT2D eigenvalue weighted by atomic mass is 16.4. The summed E-state index contributed by atoms with van der Waals surface area (Å²) in [5, 5.41) is 3.29. The monoisotopic (exact) mass is 234 g/mol. The molecule has 0 bridgehead atoms. The quantitative estimate of drug-likeness (QED) is 0.817. The average Bonchev–Trinajstić information content (AvgIpc) is 2.57. The Morgan fingerprint density at radius 3 is 2.59 bits per heavy atom. The van der Waals surface area contributed by atoms with Crippen molar-refractivity contribution in [3.05, 3.63) is 17.8 Å². The third kappa shape index (κ3) is 2.71. The Kier molecular flexibility index (Phi) is 3.46. The van der Waals surface area contributed by atoms with Crippen molar-refractivity contribution in [2.75, 3.05) is 13.1 Å². The fourth-order valence-electron chi connectivity index (χ4n) is 2.91. The zero-order valence-electron chi connectivity index (χ0n) is 10.5. The Hall–Kier alpha value is -0.830. The molecular weight excluding hydrogens is 212 g/mol. The topological polar surface area (TPSA) is 38.1 Å². The molecule has 1 saturated heterocycles. The van der Waals surface area contributed by atoms with Crippen LogP contribution in [-0.4, -0.2) is 18.1 Å². The Morgan fingerprint density at radius 1 is 1.18 bits per heavy atom. The number of hydrogen-bond donors (Lipinski definition) is 1. The lowest BCUT2D eigenvalue weighted by atomic mass is 9.98. The molecule has 2 aliphatic rings. The summed E-state index contributed by atoms with van der Waals surface area (Å²) in [6.45, 7) is 2.25. The van der Waals surface area contributed by atoms with Crippen LogP contribution in [0.15, 0.2) is 10.6 Å². The minimum absolute atomic E-state index is 0.637. The molecule has 1 aromatic rings. The van der Waals surface area contributed by atoms with E-state index in [9.17, 15) is 0 Å². The first-order valence-corrected chi connectivity index (χ1v) is 7.07. The molecule has 0 atom stereocenters. The lowest BCUT2D eigenvalue weighted by Gasteiger charge is -2.25. The van der Waals surface area contributed by atoms with Gasteiger partial charge in [-0.15, -0.1) is 0 Å². The predicted octanol–water partition coefficient (Wildman–Crippen LogP) is 2.87. The Bertz CT molecular complexity index is 349. The maximum atomic E-state index is 5.95. The van der Waals surface area contributed by atoms with Crippen LogP contribution in [0.2, 0.25) is 0 Å². The maximum absolute atomic E-state index is 5.95. The molecule has 0 unspecified atom stereocenters. The molecule has 2 heterocycles. The number of oxazole rings is 1. The van der Waals surface area contributed by atoms with Crippen LogP contribution in [0.1, 0.15) is 56.1 Å². The van der Waals surface area contributed by atoms with Crippen molar-refractivity contribution >= 4 is 0 Å². The van der Waals surface area contributed by atoms with Gasteiger partial charge in [-0.1, -0.05) is 25.7 Å². The van der Waals surface area contributed by atoms with Crippen LogP contribution < -0.4 is 5.32 Å². The number of hydrogen-bond acceptors (Lipinski definition) is 3. The molecule has 3 rings (SSSR count). The summed E-state index contributed by atoms with van der Waals surface area (Å²) in [7, 11) is 0. The molecule has 2 fully saturated rings. The second-order valence-electron chi connectivity index (χ2n) is 5.57. The van der Waals surface area contributed by atoms with Crippen LogP contribution in [-0.2, 0) is 6.42 Å². The van der Waals surface area contributed by atoms with Gasteiger partial charge < -0.3 is 9.73 Å². The summed E-state index contributed by atoms with van der Waals surface area (Å²) in [5.41, 5.74) is 0. The Morgan fingerprint density at radius 2 is 1.94 bits per heavy atom. The summed E-state index contributed by atoms with van der Waals surface area (Å²) in [5.74, 6) is 3.49. The van der Waals surface area contributed by atoms with E-state index in [4.69, 9.17) is 4.42 Å². The van der Waals surface area contributed by atoms with E-state index in [0.717, 1.165) is 37.1 Å². The number of nitrogens with zero attached hydrogens (tertiary/aromatic N) is 1. The normalized spacial score (nSPS) is 23.3. The first-order valence-electron chi connectivity index (χ1n) is 7.07. The van der Waals surface area contributed by atoms with Gasteiger partial charge in [-0.25, -0.2) is 4.98 Å². The second kappa shape index (κ2) is 5.21. The highest BCUT2D eigenvalue weighted by Crippen LogP contribution is 2.32. The molecule has 0 amide bonds. The van der Waals surface area contributed by atoms with E-state index in [1.165, 1.54) is 38.5 Å². The van der Waals surface area contributed by atoms with Crippen LogP contribution in [0.25, 0.3) is 0 Å².